The zero-order chi connectivity index (χ0) is 17.1. The number of thiocarbonyl (C=S) groups is 1. The molecule has 0 bridgehead atoms. The Hall–Kier alpha value is -1.51. The molecule has 0 aromatic carbocycles. The highest BCUT2D eigenvalue weighted by Crippen LogP contribution is 2.38. The molecule has 2 N–H and O–H groups in total. The number of aromatic nitrogens is 1. The lowest BCUT2D eigenvalue weighted by Crippen LogP contribution is -2.20. The highest BCUT2D eigenvalue weighted by Gasteiger charge is 2.26. The van der Waals surface area contributed by atoms with Gasteiger partial charge in [0.15, 0.2) is 5.11 Å². The maximum Gasteiger partial charge on any atom is 0.341 e. The quantitative estimate of drug-likeness (QED) is 0.561. The van der Waals surface area contributed by atoms with Crippen molar-refractivity contribution in [3.63, 3.8) is 0 Å². The van der Waals surface area contributed by atoms with E-state index in [0.717, 1.165) is 40.7 Å². The van der Waals surface area contributed by atoms with Crippen molar-refractivity contribution in [3.05, 3.63) is 38.8 Å². The Morgan fingerprint density at radius 2 is 2.12 bits per heavy atom. The van der Waals surface area contributed by atoms with Crippen molar-refractivity contribution >= 4 is 61.4 Å². The van der Waals surface area contributed by atoms with Gasteiger partial charge in [0, 0.05) is 15.5 Å². The van der Waals surface area contributed by atoms with Crippen molar-refractivity contribution in [1.29, 1.82) is 0 Å². The molecule has 5 nitrogen and oxygen atoms in total. The largest absolute Gasteiger partial charge is 0.465 e. The van der Waals surface area contributed by atoms with Crippen LogP contribution in [-0.4, -0.2) is 23.2 Å². The van der Waals surface area contributed by atoms with Crippen molar-refractivity contribution in [3.8, 4) is 0 Å². The number of pyridine rings is 1. The van der Waals surface area contributed by atoms with Crippen LogP contribution in [0.15, 0.2) is 22.8 Å². The molecule has 0 radical (unpaired) electrons. The van der Waals surface area contributed by atoms with Gasteiger partial charge in [-0.15, -0.1) is 11.3 Å². The molecular weight excluding hydrogens is 410 g/mol. The second-order valence-electron chi connectivity index (χ2n) is 5.35. The zero-order valence-corrected chi connectivity index (χ0v) is 16.2. The minimum atomic E-state index is -0.318. The summed E-state index contributed by atoms with van der Waals surface area (Å²) < 4.78 is 5.86. The number of hydrogen-bond acceptors (Lipinski definition) is 5. The molecular formula is C16H16BrN3O2S2. The van der Waals surface area contributed by atoms with Crippen LogP contribution >= 0.6 is 39.5 Å². The lowest BCUT2D eigenvalue weighted by molar-refractivity contribution is 0.0601. The second-order valence-corrected chi connectivity index (χ2v) is 7.78. The lowest BCUT2D eigenvalue weighted by Gasteiger charge is -2.12. The maximum absolute atomic E-state index is 12.2. The van der Waals surface area contributed by atoms with Crippen LogP contribution in [0.5, 0.6) is 0 Å². The first-order valence-electron chi connectivity index (χ1n) is 7.51. The predicted octanol–water partition coefficient (Wildman–Crippen LogP) is 4.38. The topological polar surface area (TPSA) is 63.2 Å². The van der Waals surface area contributed by atoms with Gasteiger partial charge in [-0.1, -0.05) is 0 Å². The number of aryl methyl sites for hydroxylation is 1. The van der Waals surface area contributed by atoms with Gasteiger partial charge in [0.05, 0.1) is 12.7 Å². The summed E-state index contributed by atoms with van der Waals surface area (Å²) in [4.78, 5) is 17.7. The van der Waals surface area contributed by atoms with E-state index < -0.39 is 0 Å². The van der Waals surface area contributed by atoms with E-state index in [-0.39, 0.29) is 5.97 Å². The Morgan fingerprint density at radius 3 is 2.83 bits per heavy atom. The van der Waals surface area contributed by atoms with Gasteiger partial charge in [-0.25, -0.2) is 9.78 Å². The van der Waals surface area contributed by atoms with E-state index in [4.69, 9.17) is 17.0 Å². The van der Waals surface area contributed by atoms with Crippen LogP contribution in [0.2, 0.25) is 0 Å². The Kier molecular flexibility index (Phi) is 5.47. The normalized spacial score (nSPS) is 13.1. The molecule has 0 amide bonds. The number of methoxy groups -OCH3 is 1. The fourth-order valence-corrected chi connectivity index (χ4v) is 4.46. The average Bonchev–Trinajstić information content (AvgIpc) is 2.94. The Morgan fingerprint density at radius 1 is 1.33 bits per heavy atom. The van der Waals surface area contributed by atoms with Gasteiger partial charge in [0.1, 0.15) is 10.8 Å². The summed E-state index contributed by atoms with van der Waals surface area (Å²) in [6, 6.07) is 3.69. The van der Waals surface area contributed by atoms with Crippen LogP contribution in [0.1, 0.15) is 33.6 Å². The number of nitrogens with one attached hydrogen (secondary N) is 2. The number of esters is 1. The van der Waals surface area contributed by atoms with Gasteiger partial charge in [0.25, 0.3) is 0 Å². The van der Waals surface area contributed by atoms with Gasteiger partial charge < -0.3 is 15.4 Å². The van der Waals surface area contributed by atoms with Crippen molar-refractivity contribution in [2.75, 3.05) is 17.7 Å². The number of ether oxygens (including phenoxy) is 1. The lowest BCUT2D eigenvalue weighted by atomic mass is 9.95. The number of carbonyl (C=O) groups is 1. The Balaban J connectivity index is 1.81. The summed E-state index contributed by atoms with van der Waals surface area (Å²) in [6.45, 7) is 0. The molecule has 24 heavy (non-hydrogen) atoms. The molecule has 1 aliphatic carbocycles. The Bertz CT molecular complexity index is 774. The monoisotopic (exact) mass is 425 g/mol. The maximum atomic E-state index is 12.2. The van der Waals surface area contributed by atoms with E-state index in [9.17, 15) is 4.79 Å². The van der Waals surface area contributed by atoms with E-state index in [0.29, 0.717) is 16.5 Å². The number of hydrogen-bond donors (Lipinski definition) is 2. The summed E-state index contributed by atoms with van der Waals surface area (Å²) in [5.41, 5.74) is 1.72. The van der Waals surface area contributed by atoms with Gasteiger partial charge in [-0.3, -0.25) is 0 Å². The van der Waals surface area contributed by atoms with E-state index in [1.54, 1.807) is 17.5 Å². The summed E-state index contributed by atoms with van der Waals surface area (Å²) in [7, 11) is 1.40. The van der Waals surface area contributed by atoms with Crippen LogP contribution < -0.4 is 10.6 Å². The molecule has 2 aromatic rings. The third kappa shape index (κ3) is 3.76. The number of thiophene rings is 1. The summed E-state index contributed by atoms with van der Waals surface area (Å²) in [5.74, 6) is 0.318. The molecule has 126 valence electrons. The molecule has 8 heteroatoms. The summed E-state index contributed by atoms with van der Waals surface area (Å²) >= 11 is 10.3. The first-order chi connectivity index (χ1) is 11.6. The minimum Gasteiger partial charge on any atom is -0.465 e. The fraction of sp³-hybridized carbons (Fsp3) is 0.312. The first kappa shape index (κ1) is 17.3. The molecule has 3 rings (SSSR count). The third-order valence-electron chi connectivity index (χ3n) is 3.76. The van der Waals surface area contributed by atoms with Crippen LogP contribution in [0.25, 0.3) is 0 Å². The molecule has 0 saturated carbocycles. The van der Waals surface area contributed by atoms with Gasteiger partial charge in [-0.05, 0) is 71.5 Å². The van der Waals surface area contributed by atoms with Crippen LogP contribution in [0, 0.1) is 0 Å². The molecule has 0 atom stereocenters. The third-order valence-corrected chi connectivity index (χ3v) is 5.64. The summed E-state index contributed by atoms with van der Waals surface area (Å²) in [5, 5.41) is 7.29. The van der Waals surface area contributed by atoms with Crippen LogP contribution in [0.4, 0.5) is 10.8 Å². The molecule has 0 spiro atoms. The van der Waals surface area contributed by atoms with Crippen molar-refractivity contribution in [2.45, 2.75) is 25.7 Å². The molecule has 0 aliphatic heterocycles. The smallest absolute Gasteiger partial charge is 0.341 e. The van der Waals surface area contributed by atoms with E-state index >= 15 is 0 Å². The van der Waals surface area contributed by atoms with Crippen LogP contribution in [0.3, 0.4) is 0 Å². The predicted molar refractivity (Wildman–Crippen MR) is 104 cm³/mol. The standard InChI is InChI=1S/C16H16BrN3O2S2/c1-22-15(21)13-10-4-2-3-5-11(10)24-14(13)20-16(23)19-12-7-6-9(17)8-18-12/h6-8H,2-5H2,1H3,(H2,18,19,20,23). The molecule has 1 aliphatic rings. The highest BCUT2D eigenvalue weighted by atomic mass is 79.9. The molecule has 2 aromatic heterocycles. The van der Waals surface area contributed by atoms with Crippen molar-refractivity contribution < 1.29 is 9.53 Å². The fourth-order valence-electron chi connectivity index (χ4n) is 2.67. The molecule has 0 fully saturated rings. The molecule has 2 heterocycles. The second kappa shape index (κ2) is 7.58. The highest BCUT2D eigenvalue weighted by molar-refractivity contribution is 9.10. The summed E-state index contributed by atoms with van der Waals surface area (Å²) in [6.07, 6.45) is 5.85. The number of fused-ring (bicyclic) bond motifs is 1. The Labute approximate surface area is 157 Å². The minimum absolute atomic E-state index is 0.318. The van der Waals surface area contributed by atoms with E-state index in [1.165, 1.54) is 12.0 Å². The number of rotatable bonds is 3. The van der Waals surface area contributed by atoms with Crippen LogP contribution in [-0.2, 0) is 17.6 Å². The van der Waals surface area contributed by atoms with Gasteiger partial charge >= 0.3 is 5.97 Å². The van der Waals surface area contributed by atoms with Gasteiger partial charge in [0.2, 0.25) is 0 Å². The molecule has 0 unspecified atom stereocenters. The number of halogens is 1. The average molecular weight is 426 g/mol. The van der Waals surface area contributed by atoms with Gasteiger partial charge in [-0.2, -0.15) is 0 Å². The number of nitrogens with zero attached hydrogens (tertiary/aromatic N) is 1. The van der Waals surface area contributed by atoms with Crippen molar-refractivity contribution in [2.24, 2.45) is 0 Å². The van der Waals surface area contributed by atoms with Crippen molar-refractivity contribution in [1.82, 2.24) is 4.98 Å². The van der Waals surface area contributed by atoms with E-state index in [1.807, 2.05) is 12.1 Å². The number of carbonyl (C=O) groups excluding carboxylic acids is 1. The molecule has 0 saturated heterocycles. The first-order valence-corrected chi connectivity index (χ1v) is 9.52. The van der Waals surface area contributed by atoms with E-state index in [2.05, 4.69) is 31.5 Å². The number of anilines is 2. The SMILES string of the molecule is COC(=O)c1c(NC(=S)Nc2ccc(Br)cn2)sc2c1CCCC2. The zero-order valence-electron chi connectivity index (χ0n) is 13.0.